The predicted molar refractivity (Wildman–Crippen MR) is 66.4 cm³/mol. The summed E-state index contributed by atoms with van der Waals surface area (Å²) in [5.74, 6) is 0.164. The van der Waals surface area contributed by atoms with Gasteiger partial charge in [0.1, 0.15) is 0 Å². The highest BCUT2D eigenvalue weighted by atomic mass is 16.2. The van der Waals surface area contributed by atoms with Crippen LogP contribution in [0.25, 0.3) is 0 Å². The van der Waals surface area contributed by atoms with Gasteiger partial charge < -0.3 is 15.5 Å². The van der Waals surface area contributed by atoms with Crippen molar-refractivity contribution < 1.29 is 4.79 Å². The number of nitrogens with one attached hydrogen (secondary N) is 2. The van der Waals surface area contributed by atoms with Crippen LogP contribution in [-0.4, -0.2) is 49.6 Å². The third kappa shape index (κ3) is 4.49. The van der Waals surface area contributed by atoms with Gasteiger partial charge in [-0.2, -0.15) is 0 Å². The summed E-state index contributed by atoms with van der Waals surface area (Å²) in [7, 11) is 2.08. The number of nitrogens with zero attached hydrogens (tertiary/aromatic N) is 1. The number of carbonyl (C=O) groups excluding carboxylic acids is 1. The second-order valence-electron chi connectivity index (χ2n) is 4.87. The first-order valence-electron chi connectivity index (χ1n) is 6.32. The maximum Gasteiger partial charge on any atom is 0.237 e. The van der Waals surface area contributed by atoms with Gasteiger partial charge in [0.15, 0.2) is 0 Å². The lowest BCUT2D eigenvalue weighted by atomic mass is 10.0. The van der Waals surface area contributed by atoms with Crippen LogP contribution < -0.4 is 10.6 Å². The standard InChI is InChI=1S/C12H25N3O/c1-10(2)15(3)9-8-14-12(16)11-6-4-5-7-13-11/h10-11,13H,4-9H2,1-3H3,(H,14,16). The summed E-state index contributed by atoms with van der Waals surface area (Å²) in [6, 6.07) is 0.572. The zero-order valence-electron chi connectivity index (χ0n) is 10.8. The molecule has 1 heterocycles. The van der Waals surface area contributed by atoms with Gasteiger partial charge in [0.05, 0.1) is 6.04 Å². The zero-order chi connectivity index (χ0) is 12.0. The van der Waals surface area contributed by atoms with Crippen LogP contribution in [-0.2, 0) is 4.79 Å². The molecule has 0 saturated carbocycles. The van der Waals surface area contributed by atoms with Crippen molar-refractivity contribution in [1.29, 1.82) is 0 Å². The molecule has 1 amide bonds. The van der Waals surface area contributed by atoms with E-state index in [0.717, 1.165) is 32.5 Å². The van der Waals surface area contributed by atoms with Gasteiger partial charge in [-0.15, -0.1) is 0 Å². The largest absolute Gasteiger partial charge is 0.353 e. The van der Waals surface area contributed by atoms with Crippen LogP contribution in [0.3, 0.4) is 0 Å². The Labute approximate surface area is 98.8 Å². The highest BCUT2D eigenvalue weighted by Gasteiger charge is 2.19. The first kappa shape index (κ1) is 13.5. The summed E-state index contributed by atoms with van der Waals surface area (Å²) in [6.07, 6.45) is 3.34. The number of carbonyl (C=O) groups is 1. The molecule has 0 aromatic rings. The van der Waals surface area contributed by atoms with E-state index < -0.39 is 0 Å². The Morgan fingerprint density at radius 3 is 2.81 bits per heavy atom. The van der Waals surface area contributed by atoms with Crippen molar-refractivity contribution in [2.24, 2.45) is 0 Å². The maximum absolute atomic E-state index is 11.8. The quantitative estimate of drug-likeness (QED) is 0.722. The fourth-order valence-electron chi connectivity index (χ4n) is 1.81. The summed E-state index contributed by atoms with van der Waals surface area (Å²) in [4.78, 5) is 14.0. The lowest BCUT2D eigenvalue weighted by Gasteiger charge is -2.24. The number of hydrogen-bond acceptors (Lipinski definition) is 3. The zero-order valence-corrected chi connectivity index (χ0v) is 10.8. The Kier molecular flexibility index (Phi) is 5.77. The molecular weight excluding hydrogens is 202 g/mol. The van der Waals surface area contributed by atoms with E-state index in [1.165, 1.54) is 6.42 Å². The molecule has 1 saturated heterocycles. The Morgan fingerprint density at radius 2 is 2.25 bits per heavy atom. The predicted octanol–water partition coefficient (Wildman–Crippen LogP) is 0.585. The minimum atomic E-state index is 0.0399. The van der Waals surface area contributed by atoms with Crippen molar-refractivity contribution in [3.05, 3.63) is 0 Å². The van der Waals surface area contributed by atoms with Gasteiger partial charge in [0.2, 0.25) is 5.91 Å². The molecule has 0 aromatic heterocycles. The van der Waals surface area contributed by atoms with Gasteiger partial charge in [-0.05, 0) is 40.3 Å². The van der Waals surface area contributed by atoms with E-state index >= 15 is 0 Å². The van der Waals surface area contributed by atoms with Gasteiger partial charge >= 0.3 is 0 Å². The van der Waals surface area contributed by atoms with Crippen LogP contribution in [0.1, 0.15) is 33.1 Å². The molecule has 2 N–H and O–H groups in total. The molecule has 0 aliphatic carbocycles. The first-order chi connectivity index (χ1) is 7.61. The third-order valence-electron chi connectivity index (χ3n) is 3.27. The molecule has 1 atom stereocenters. The second-order valence-corrected chi connectivity index (χ2v) is 4.87. The highest BCUT2D eigenvalue weighted by Crippen LogP contribution is 2.06. The summed E-state index contributed by atoms with van der Waals surface area (Å²) in [5, 5.41) is 6.25. The number of piperidine rings is 1. The fraction of sp³-hybridized carbons (Fsp3) is 0.917. The minimum absolute atomic E-state index is 0.0399. The molecule has 16 heavy (non-hydrogen) atoms. The van der Waals surface area contributed by atoms with E-state index in [0.29, 0.717) is 6.04 Å². The van der Waals surface area contributed by atoms with E-state index in [4.69, 9.17) is 0 Å². The Bertz CT molecular complexity index is 212. The Balaban J connectivity index is 2.14. The van der Waals surface area contributed by atoms with Gasteiger partial charge in [0.25, 0.3) is 0 Å². The lowest BCUT2D eigenvalue weighted by molar-refractivity contribution is -0.123. The van der Waals surface area contributed by atoms with Crippen LogP contribution in [0.4, 0.5) is 0 Å². The average Bonchev–Trinajstić information content (AvgIpc) is 2.29. The topological polar surface area (TPSA) is 44.4 Å². The minimum Gasteiger partial charge on any atom is -0.353 e. The monoisotopic (exact) mass is 227 g/mol. The molecule has 0 aromatic carbocycles. The summed E-state index contributed by atoms with van der Waals surface area (Å²) < 4.78 is 0. The summed E-state index contributed by atoms with van der Waals surface area (Å²) in [6.45, 7) is 6.95. The van der Waals surface area contributed by atoms with E-state index in [1.807, 2.05) is 0 Å². The molecule has 4 nitrogen and oxygen atoms in total. The van der Waals surface area contributed by atoms with Crippen LogP contribution >= 0.6 is 0 Å². The van der Waals surface area contributed by atoms with Crippen LogP contribution in [0.2, 0.25) is 0 Å². The average molecular weight is 227 g/mol. The third-order valence-corrected chi connectivity index (χ3v) is 3.27. The van der Waals surface area contributed by atoms with E-state index in [1.54, 1.807) is 0 Å². The van der Waals surface area contributed by atoms with Gasteiger partial charge in [-0.25, -0.2) is 0 Å². The molecule has 1 rings (SSSR count). The SMILES string of the molecule is CC(C)N(C)CCNC(=O)C1CCCCN1. The lowest BCUT2D eigenvalue weighted by Crippen LogP contribution is -2.48. The van der Waals surface area contributed by atoms with Gasteiger partial charge in [0, 0.05) is 19.1 Å². The Morgan fingerprint density at radius 1 is 1.50 bits per heavy atom. The van der Waals surface area contributed by atoms with Crippen LogP contribution in [0.15, 0.2) is 0 Å². The molecule has 0 spiro atoms. The molecule has 4 heteroatoms. The van der Waals surface area contributed by atoms with E-state index in [-0.39, 0.29) is 11.9 Å². The maximum atomic E-state index is 11.8. The van der Waals surface area contributed by atoms with Crippen molar-refractivity contribution in [2.45, 2.75) is 45.2 Å². The smallest absolute Gasteiger partial charge is 0.237 e. The summed E-state index contributed by atoms with van der Waals surface area (Å²) in [5.41, 5.74) is 0. The second kappa shape index (κ2) is 6.86. The Hall–Kier alpha value is -0.610. The van der Waals surface area contributed by atoms with Crippen molar-refractivity contribution in [3.8, 4) is 0 Å². The highest BCUT2D eigenvalue weighted by molar-refractivity contribution is 5.81. The van der Waals surface area contributed by atoms with Crippen molar-refractivity contribution in [1.82, 2.24) is 15.5 Å². The summed E-state index contributed by atoms with van der Waals surface area (Å²) >= 11 is 0. The van der Waals surface area contributed by atoms with Crippen molar-refractivity contribution >= 4 is 5.91 Å². The van der Waals surface area contributed by atoms with E-state index in [9.17, 15) is 4.79 Å². The van der Waals surface area contributed by atoms with Crippen LogP contribution in [0.5, 0.6) is 0 Å². The normalized spacial score (nSPS) is 21.4. The van der Waals surface area contributed by atoms with Gasteiger partial charge in [-0.1, -0.05) is 6.42 Å². The number of hydrogen-bond donors (Lipinski definition) is 2. The van der Waals surface area contributed by atoms with Crippen molar-refractivity contribution in [2.75, 3.05) is 26.7 Å². The molecule has 0 radical (unpaired) electrons. The fourth-order valence-corrected chi connectivity index (χ4v) is 1.81. The molecule has 1 aliphatic heterocycles. The number of amides is 1. The van der Waals surface area contributed by atoms with Gasteiger partial charge in [-0.3, -0.25) is 4.79 Å². The molecule has 0 bridgehead atoms. The van der Waals surface area contributed by atoms with Crippen molar-refractivity contribution in [3.63, 3.8) is 0 Å². The molecular formula is C12H25N3O. The number of likely N-dealkylation sites (N-methyl/N-ethyl adjacent to an activating group) is 1. The van der Waals surface area contributed by atoms with E-state index in [2.05, 4.69) is 36.4 Å². The first-order valence-corrected chi connectivity index (χ1v) is 6.32. The molecule has 1 unspecified atom stereocenters. The van der Waals surface area contributed by atoms with Crippen LogP contribution in [0, 0.1) is 0 Å². The molecule has 1 fully saturated rings. The number of rotatable bonds is 5. The molecule has 1 aliphatic rings. The molecule has 94 valence electrons.